The second-order valence-corrected chi connectivity index (χ2v) is 4.72. The van der Waals surface area contributed by atoms with Gasteiger partial charge in [0.05, 0.1) is 6.61 Å². The number of ether oxygens (including phenoxy) is 1. The van der Waals surface area contributed by atoms with Crippen molar-refractivity contribution in [2.24, 2.45) is 0 Å². The molecule has 0 aliphatic rings. The predicted molar refractivity (Wildman–Crippen MR) is 78.2 cm³/mol. The third kappa shape index (κ3) is 16.1. The molecule has 0 aliphatic heterocycles. The van der Waals surface area contributed by atoms with Crippen molar-refractivity contribution in [1.29, 1.82) is 0 Å². The molecule has 0 bridgehead atoms. The van der Waals surface area contributed by atoms with Gasteiger partial charge in [0.2, 0.25) is 0 Å². The zero-order chi connectivity index (χ0) is 12.6. The summed E-state index contributed by atoms with van der Waals surface area (Å²) in [6.07, 6.45) is 13.1. The van der Waals surface area contributed by atoms with Gasteiger partial charge in [-0.05, 0) is 32.1 Å². The molecule has 0 fully saturated rings. The Balaban J connectivity index is 2.87. The highest BCUT2D eigenvalue weighted by molar-refractivity contribution is 7.09. The van der Waals surface area contributed by atoms with E-state index in [1.807, 2.05) is 6.08 Å². The highest BCUT2D eigenvalue weighted by Gasteiger charge is 1.92. The molecule has 1 atom stereocenters. The zero-order valence-electron chi connectivity index (χ0n) is 11.2. The Bertz CT molecular complexity index is 151. The largest absolute Gasteiger partial charge is 0.381 e. The van der Waals surface area contributed by atoms with Crippen LogP contribution in [0.5, 0.6) is 0 Å². The van der Waals surface area contributed by atoms with Crippen molar-refractivity contribution in [3.8, 4) is 0 Å². The van der Waals surface area contributed by atoms with Crippen LogP contribution in [0.4, 0.5) is 0 Å². The van der Waals surface area contributed by atoms with E-state index in [0.717, 1.165) is 32.7 Å². The van der Waals surface area contributed by atoms with Gasteiger partial charge >= 0.3 is 0 Å². The van der Waals surface area contributed by atoms with Gasteiger partial charge < -0.3 is 9.26 Å². The van der Waals surface area contributed by atoms with Crippen LogP contribution in [0, 0.1) is 0 Å². The Morgan fingerprint density at radius 2 is 1.29 bits per heavy atom. The van der Waals surface area contributed by atoms with Crippen LogP contribution in [-0.2, 0) is 9.26 Å². The van der Waals surface area contributed by atoms with E-state index in [-0.39, 0.29) is 0 Å². The van der Waals surface area contributed by atoms with Gasteiger partial charge in [-0.1, -0.05) is 31.8 Å². The van der Waals surface area contributed by atoms with Crippen molar-refractivity contribution in [2.45, 2.75) is 57.8 Å². The van der Waals surface area contributed by atoms with Gasteiger partial charge in [-0.15, -0.1) is 6.58 Å². The van der Waals surface area contributed by atoms with Crippen molar-refractivity contribution in [2.75, 3.05) is 19.8 Å². The molecule has 0 radical (unpaired) electrons. The molecule has 102 valence electrons. The van der Waals surface area contributed by atoms with Gasteiger partial charge in [-0.2, -0.15) is 0 Å². The third-order valence-corrected chi connectivity index (χ3v) is 2.98. The topological polar surface area (TPSA) is 18.5 Å². The molecule has 0 saturated carbocycles. The van der Waals surface area contributed by atoms with Crippen LogP contribution in [-0.4, -0.2) is 19.8 Å². The Labute approximate surface area is 109 Å². The molecular weight excluding hydrogens is 231 g/mol. The summed E-state index contributed by atoms with van der Waals surface area (Å²) < 4.78 is 10.5. The smallest absolute Gasteiger partial charge is 0.0501 e. The van der Waals surface area contributed by atoms with Crippen molar-refractivity contribution < 1.29 is 9.26 Å². The number of hydrogen-bond donors (Lipinski definition) is 0. The predicted octanol–water partition coefficient (Wildman–Crippen LogP) is 4.51. The maximum absolute atomic E-state index is 5.59. The fraction of sp³-hybridized carbons (Fsp3) is 0.857. The number of rotatable bonds is 14. The SMILES string of the molecule is C=CCCCCCCOCCCCCCOP. The minimum atomic E-state index is 0.857. The first-order chi connectivity index (χ1) is 8.41. The average Bonchev–Trinajstić information content (AvgIpc) is 2.35. The first kappa shape index (κ1) is 17.1. The van der Waals surface area contributed by atoms with Crippen molar-refractivity contribution >= 4 is 9.47 Å². The van der Waals surface area contributed by atoms with Gasteiger partial charge in [0.15, 0.2) is 0 Å². The molecule has 3 heteroatoms. The monoisotopic (exact) mass is 260 g/mol. The standard InChI is InChI=1S/C14H29O2P/c1-2-3-4-5-6-9-12-15-13-10-7-8-11-14-16-17/h2H,1,3-14,17H2. The molecule has 0 aromatic carbocycles. The average molecular weight is 260 g/mol. The summed E-state index contributed by atoms with van der Waals surface area (Å²) in [6, 6.07) is 0. The Morgan fingerprint density at radius 1 is 0.765 bits per heavy atom. The zero-order valence-corrected chi connectivity index (χ0v) is 12.3. The maximum atomic E-state index is 5.59. The lowest BCUT2D eigenvalue weighted by molar-refractivity contribution is 0.125. The summed E-state index contributed by atoms with van der Waals surface area (Å²) in [6.45, 7) is 6.44. The highest BCUT2D eigenvalue weighted by Crippen LogP contribution is 2.05. The van der Waals surface area contributed by atoms with E-state index in [1.54, 1.807) is 0 Å². The summed E-state index contributed by atoms with van der Waals surface area (Å²) >= 11 is 0. The normalized spacial score (nSPS) is 10.6. The summed E-state index contributed by atoms with van der Waals surface area (Å²) in [5, 5.41) is 0. The second kappa shape index (κ2) is 16.1. The first-order valence-corrected chi connectivity index (χ1v) is 7.39. The number of unbranched alkanes of at least 4 members (excludes halogenated alkanes) is 7. The highest BCUT2D eigenvalue weighted by atomic mass is 31.0. The number of hydrogen-bond acceptors (Lipinski definition) is 2. The maximum Gasteiger partial charge on any atom is 0.0501 e. The lowest BCUT2D eigenvalue weighted by Gasteiger charge is -2.04. The summed E-state index contributed by atoms with van der Waals surface area (Å²) in [5.41, 5.74) is 0. The summed E-state index contributed by atoms with van der Waals surface area (Å²) in [7, 11) is 2.29. The Hall–Kier alpha value is 0.0900. The molecule has 0 aromatic heterocycles. The van der Waals surface area contributed by atoms with Crippen LogP contribution in [0.15, 0.2) is 12.7 Å². The minimum Gasteiger partial charge on any atom is -0.381 e. The van der Waals surface area contributed by atoms with Crippen LogP contribution >= 0.6 is 9.47 Å². The van der Waals surface area contributed by atoms with Gasteiger partial charge in [0, 0.05) is 22.7 Å². The Morgan fingerprint density at radius 3 is 1.82 bits per heavy atom. The van der Waals surface area contributed by atoms with Gasteiger partial charge in [0.1, 0.15) is 0 Å². The van der Waals surface area contributed by atoms with Crippen molar-refractivity contribution in [1.82, 2.24) is 0 Å². The summed E-state index contributed by atoms with van der Waals surface area (Å²) in [4.78, 5) is 0. The van der Waals surface area contributed by atoms with Crippen LogP contribution in [0.3, 0.4) is 0 Å². The molecule has 0 N–H and O–H groups in total. The molecule has 2 nitrogen and oxygen atoms in total. The number of allylic oxidation sites excluding steroid dienone is 1. The lowest BCUT2D eigenvalue weighted by Crippen LogP contribution is -1.97. The third-order valence-electron chi connectivity index (χ3n) is 2.75. The second-order valence-electron chi connectivity index (χ2n) is 4.39. The molecule has 0 aliphatic carbocycles. The van der Waals surface area contributed by atoms with Gasteiger partial charge in [0.25, 0.3) is 0 Å². The molecule has 0 rings (SSSR count). The molecular formula is C14H29O2P. The molecule has 17 heavy (non-hydrogen) atoms. The fourth-order valence-corrected chi connectivity index (χ4v) is 1.86. The fourth-order valence-electron chi connectivity index (χ4n) is 1.69. The van der Waals surface area contributed by atoms with Crippen molar-refractivity contribution in [3.05, 3.63) is 12.7 Å². The molecule has 0 saturated heterocycles. The van der Waals surface area contributed by atoms with E-state index in [1.165, 1.54) is 44.9 Å². The van der Waals surface area contributed by atoms with E-state index in [4.69, 9.17) is 9.26 Å². The molecule has 0 amide bonds. The van der Waals surface area contributed by atoms with E-state index in [2.05, 4.69) is 16.0 Å². The van der Waals surface area contributed by atoms with Crippen molar-refractivity contribution in [3.63, 3.8) is 0 Å². The Kier molecular flexibility index (Phi) is 16.2. The molecule has 0 aromatic rings. The van der Waals surface area contributed by atoms with E-state index >= 15 is 0 Å². The van der Waals surface area contributed by atoms with Gasteiger partial charge in [-0.3, -0.25) is 0 Å². The molecule has 0 spiro atoms. The first-order valence-electron chi connectivity index (χ1n) is 6.92. The van der Waals surface area contributed by atoms with E-state index in [0.29, 0.717) is 0 Å². The molecule has 0 heterocycles. The van der Waals surface area contributed by atoms with E-state index in [9.17, 15) is 0 Å². The van der Waals surface area contributed by atoms with E-state index < -0.39 is 0 Å². The van der Waals surface area contributed by atoms with Gasteiger partial charge in [-0.25, -0.2) is 0 Å². The van der Waals surface area contributed by atoms with Crippen LogP contribution in [0.25, 0.3) is 0 Å². The van der Waals surface area contributed by atoms with Crippen LogP contribution in [0.1, 0.15) is 57.8 Å². The van der Waals surface area contributed by atoms with Crippen LogP contribution < -0.4 is 0 Å². The minimum absolute atomic E-state index is 0.857. The molecule has 1 unspecified atom stereocenters. The summed E-state index contributed by atoms with van der Waals surface area (Å²) in [5.74, 6) is 0. The van der Waals surface area contributed by atoms with Crippen LogP contribution in [0.2, 0.25) is 0 Å². The quantitative estimate of drug-likeness (QED) is 0.260. The lowest BCUT2D eigenvalue weighted by atomic mass is 10.1.